The number of nitrogens with one attached hydrogen (secondary N) is 1. The van der Waals surface area contributed by atoms with E-state index in [4.69, 9.17) is 9.26 Å². The van der Waals surface area contributed by atoms with Gasteiger partial charge in [0.15, 0.2) is 0 Å². The molecule has 5 nitrogen and oxygen atoms in total. The largest absolute Gasteiger partial charge is 0.371 e. The minimum atomic E-state index is -0.485. The number of methoxy groups -OCH3 is 1. The molecule has 0 atom stereocenters. The number of aromatic nitrogens is 2. The first kappa shape index (κ1) is 10.6. The number of hydrogen-bond donors (Lipinski definition) is 1. The molecule has 1 aliphatic carbocycles. The van der Waals surface area contributed by atoms with Crippen molar-refractivity contribution in [3.05, 3.63) is 11.7 Å². The highest BCUT2D eigenvalue weighted by molar-refractivity contribution is 4.97. The van der Waals surface area contributed by atoms with Crippen LogP contribution in [0.4, 0.5) is 0 Å². The number of ether oxygens (including phenoxy) is 1. The Bertz CT molecular complexity index is 331. The molecule has 2 rings (SSSR count). The van der Waals surface area contributed by atoms with E-state index in [-0.39, 0.29) is 0 Å². The summed E-state index contributed by atoms with van der Waals surface area (Å²) in [6, 6.07) is 0.649. The normalized spacial score (nSPS) is 17.0. The van der Waals surface area contributed by atoms with E-state index in [1.165, 1.54) is 12.8 Å². The van der Waals surface area contributed by atoms with Crippen LogP contribution in [0.25, 0.3) is 0 Å². The van der Waals surface area contributed by atoms with Crippen LogP contribution < -0.4 is 5.32 Å². The second kappa shape index (κ2) is 3.90. The van der Waals surface area contributed by atoms with Crippen LogP contribution in [0.3, 0.4) is 0 Å². The molecule has 0 aliphatic heterocycles. The van der Waals surface area contributed by atoms with Gasteiger partial charge in [-0.3, -0.25) is 0 Å². The fourth-order valence-corrected chi connectivity index (χ4v) is 1.18. The summed E-state index contributed by atoms with van der Waals surface area (Å²) in [6.07, 6.45) is 2.51. The molecule has 0 radical (unpaired) electrons. The fourth-order valence-electron chi connectivity index (χ4n) is 1.18. The van der Waals surface area contributed by atoms with E-state index in [9.17, 15) is 0 Å². The average Bonchev–Trinajstić information content (AvgIpc) is 2.92. The third kappa shape index (κ3) is 2.54. The van der Waals surface area contributed by atoms with Crippen LogP contribution in [0, 0.1) is 0 Å². The lowest BCUT2D eigenvalue weighted by Gasteiger charge is -2.17. The van der Waals surface area contributed by atoms with Gasteiger partial charge in [0.25, 0.3) is 0 Å². The Morgan fingerprint density at radius 1 is 1.53 bits per heavy atom. The van der Waals surface area contributed by atoms with Gasteiger partial charge >= 0.3 is 0 Å². The monoisotopic (exact) mass is 211 g/mol. The van der Waals surface area contributed by atoms with Gasteiger partial charge in [0, 0.05) is 13.2 Å². The SMILES string of the molecule is COC(C)(C)c1noc(CNC2CC2)n1. The first-order valence-electron chi connectivity index (χ1n) is 5.23. The molecular formula is C10H17N3O2. The minimum absolute atomic E-state index is 0.485. The molecule has 84 valence electrons. The second-order valence-corrected chi connectivity index (χ2v) is 4.38. The Hall–Kier alpha value is -0.940. The highest BCUT2D eigenvalue weighted by Gasteiger charge is 2.27. The van der Waals surface area contributed by atoms with Crippen molar-refractivity contribution in [2.24, 2.45) is 0 Å². The van der Waals surface area contributed by atoms with Crippen molar-refractivity contribution in [1.29, 1.82) is 0 Å². The molecule has 1 saturated carbocycles. The van der Waals surface area contributed by atoms with E-state index in [0.717, 1.165) is 0 Å². The van der Waals surface area contributed by atoms with Gasteiger partial charge in [0.05, 0.1) is 6.54 Å². The van der Waals surface area contributed by atoms with Gasteiger partial charge < -0.3 is 14.6 Å². The zero-order chi connectivity index (χ0) is 10.9. The summed E-state index contributed by atoms with van der Waals surface area (Å²) in [5.41, 5.74) is -0.485. The van der Waals surface area contributed by atoms with Gasteiger partial charge in [-0.1, -0.05) is 5.16 Å². The highest BCUT2D eigenvalue weighted by Crippen LogP contribution is 2.21. The Labute approximate surface area is 89.2 Å². The summed E-state index contributed by atoms with van der Waals surface area (Å²) in [4.78, 5) is 4.29. The van der Waals surface area contributed by atoms with E-state index in [2.05, 4.69) is 15.5 Å². The molecule has 15 heavy (non-hydrogen) atoms. The van der Waals surface area contributed by atoms with Crippen LogP contribution >= 0.6 is 0 Å². The standard InChI is InChI=1S/C10H17N3O2/c1-10(2,14-3)9-12-8(15-13-9)6-11-7-4-5-7/h7,11H,4-6H2,1-3H3. The number of rotatable bonds is 5. The molecule has 1 aliphatic rings. The highest BCUT2D eigenvalue weighted by atomic mass is 16.5. The van der Waals surface area contributed by atoms with E-state index < -0.39 is 5.60 Å². The number of hydrogen-bond acceptors (Lipinski definition) is 5. The van der Waals surface area contributed by atoms with Gasteiger partial charge in [-0.2, -0.15) is 4.98 Å². The Morgan fingerprint density at radius 3 is 2.87 bits per heavy atom. The van der Waals surface area contributed by atoms with E-state index >= 15 is 0 Å². The zero-order valence-electron chi connectivity index (χ0n) is 9.41. The zero-order valence-corrected chi connectivity index (χ0v) is 9.41. The third-order valence-electron chi connectivity index (χ3n) is 2.64. The number of nitrogens with zero attached hydrogens (tertiary/aromatic N) is 2. The fraction of sp³-hybridized carbons (Fsp3) is 0.800. The summed E-state index contributed by atoms with van der Waals surface area (Å²) < 4.78 is 10.4. The van der Waals surface area contributed by atoms with Crippen molar-refractivity contribution in [2.45, 2.75) is 44.9 Å². The maximum absolute atomic E-state index is 5.27. The maximum Gasteiger partial charge on any atom is 0.240 e. The lowest BCUT2D eigenvalue weighted by Crippen LogP contribution is -2.21. The van der Waals surface area contributed by atoms with Crippen LogP contribution in [-0.2, 0) is 16.9 Å². The minimum Gasteiger partial charge on any atom is -0.371 e. The topological polar surface area (TPSA) is 60.2 Å². The molecule has 1 aromatic heterocycles. The molecule has 0 spiro atoms. The molecule has 0 saturated heterocycles. The lowest BCUT2D eigenvalue weighted by atomic mass is 10.1. The predicted molar refractivity (Wildman–Crippen MR) is 54.2 cm³/mol. The van der Waals surface area contributed by atoms with Gasteiger partial charge in [-0.15, -0.1) is 0 Å². The summed E-state index contributed by atoms with van der Waals surface area (Å²) >= 11 is 0. The van der Waals surface area contributed by atoms with E-state index in [1.807, 2.05) is 13.8 Å². The van der Waals surface area contributed by atoms with Crippen molar-refractivity contribution in [3.63, 3.8) is 0 Å². The lowest BCUT2D eigenvalue weighted by molar-refractivity contribution is 0.00973. The van der Waals surface area contributed by atoms with Crippen LogP contribution in [0.1, 0.15) is 38.4 Å². The second-order valence-electron chi connectivity index (χ2n) is 4.38. The summed E-state index contributed by atoms with van der Waals surface area (Å²) in [6.45, 7) is 4.48. The van der Waals surface area contributed by atoms with Crippen LogP contribution in [0.15, 0.2) is 4.52 Å². The predicted octanol–water partition coefficient (Wildman–Crippen LogP) is 1.20. The van der Waals surface area contributed by atoms with Gasteiger partial charge in [-0.25, -0.2) is 0 Å². The molecule has 1 fully saturated rings. The smallest absolute Gasteiger partial charge is 0.240 e. The third-order valence-corrected chi connectivity index (χ3v) is 2.64. The Kier molecular flexibility index (Phi) is 2.75. The van der Waals surface area contributed by atoms with Gasteiger partial charge in [0.2, 0.25) is 11.7 Å². The maximum atomic E-state index is 5.27. The van der Waals surface area contributed by atoms with Crippen molar-refractivity contribution in [1.82, 2.24) is 15.5 Å². The summed E-state index contributed by atoms with van der Waals surface area (Å²) in [5.74, 6) is 1.22. The molecule has 0 amide bonds. The molecule has 0 bridgehead atoms. The molecule has 0 unspecified atom stereocenters. The van der Waals surface area contributed by atoms with Crippen LogP contribution in [0.5, 0.6) is 0 Å². The van der Waals surface area contributed by atoms with Gasteiger partial charge in [-0.05, 0) is 26.7 Å². The molecule has 0 aromatic carbocycles. The summed E-state index contributed by atoms with van der Waals surface area (Å²) in [7, 11) is 1.64. The van der Waals surface area contributed by atoms with Crippen LogP contribution in [0.2, 0.25) is 0 Å². The van der Waals surface area contributed by atoms with Crippen molar-refractivity contribution < 1.29 is 9.26 Å². The van der Waals surface area contributed by atoms with Crippen molar-refractivity contribution in [2.75, 3.05) is 7.11 Å². The first-order chi connectivity index (χ1) is 7.12. The van der Waals surface area contributed by atoms with Crippen molar-refractivity contribution >= 4 is 0 Å². The molecular weight excluding hydrogens is 194 g/mol. The molecule has 5 heteroatoms. The van der Waals surface area contributed by atoms with E-state index in [1.54, 1.807) is 7.11 Å². The van der Waals surface area contributed by atoms with E-state index in [0.29, 0.717) is 24.3 Å². The molecule has 1 N–H and O–H groups in total. The average molecular weight is 211 g/mol. The molecule has 1 heterocycles. The summed E-state index contributed by atoms with van der Waals surface area (Å²) in [5, 5.41) is 7.22. The quantitative estimate of drug-likeness (QED) is 0.793. The Morgan fingerprint density at radius 2 is 2.27 bits per heavy atom. The first-order valence-corrected chi connectivity index (χ1v) is 5.23. The van der Waals surface area contributed by atoms with Crippen LogP contribution in [-0.4, -0.2) is 23.3 Å². The van der Waals surface area contributed by atoms with Gasteiger partial charge in [0.1, 0.15) is 5.60 Å². The van der Waals surface area contributed by atoms with Crippen molar-refractivity contribution in [3.8, 4) is 0 Å². The Balaban J connectivity index is 1.96. The molecule has 1 aromatic rings.